The fourth-order valence-corrected chi connectivity index (χ4v) is 2.82. The van der Waals surface area contributed by atoms with Crippen LogP contribution in [0.5, 0.6) is 0 Å². The summed E-state index contributed by atoms with van der Waals surface area (Å²) in [5, 5.41) is 3.68. The number of rotatable bonds is 4. The Morgan fingerprint density at radius 2 is 2.21 bits per heavy atom. The Bertz CT molecular complexity index is 403. The maximum Gasteiger partial charge on any atom is 0.0547 e. The zero-order chi connectivity index (χ0) is 13.8. The Kier molecular flexibility index (Phi) is 4.94. The molecule has 0 aromatic carbocycles. The molecule has 1 aromatic heterocycles. The first kappa shape index (κ1) is 14.5. The van der Waals surface area contributed by atoms with Gasteiger partial charge in [-0.2, -0.15) is 0 Å². The van der Waals surface area contributed by atoms with E-state index in [1.54, 1.807) is 0 Å². The van der Waals surface area contributed by atoms with Crippen molar-refractivity contribution in [2.75, 3.05) is 13.1 Å². The van der Waals surface area contributed by atoms with Gasteiger partial charge in [0, 0.05) is 37.4 Å². The standard InChI is InChI=1S/C16H27N3/c1-5-15-9-17-16(12(2)3)11-19(15)10-14-8-6-7-13(4)18-14/h6-8,12,15-17H,5,9-11H2,1-4H3. The van der Waals surface area contributed by atoms with E-state index in [2.05, 4.69) is 61.1 Å². The van der Waals surface area contributed by atoms with Crippen LogP contribution in [0.25, 0.3) is 0 Å². The summed E-state index contributed by atoms with van der Waals surface area (Å²) in [6.07, 6.45) is 1.20. The summed E-state index contributed by atoms with van der Waals surface area (Å²) in [6, 6.07) is 7.56. The number of aromatic nitrogens is 1. The van der Waals surface area contributed by atoms with Crippen molar-refractivity contribution in [3.63, 3.8) is 0 Å². The lowest BCUT2D eigenvalue weighted by Crippen LogP contribution is -2.57. The van der Waals surface area contributed by atoms with Gasteiger partial charge < -0.3 is 5.32 Å². The molecular formula is C16H27N3. The SMILES string of the molecule is CCC1CNC(C(C)C)CN1Cc1cccc(C)n1. The van der Waals surface area contributed by atoms with E-state index in [9.17, 15) is 0 Å². The van der Waals surface area contributed by atoms with Crippen molar-refractivity contribution < 1.29 is 0 Å². The van der Waals surface area contributed by atoms with E-state index >= 15 is 0 Å². The van der Waals surface area contributed by atoms with Crippen LogP contribution in [0.2, 0.25) is 0 Å². The Hall–Kier alpha value is -0.930. The van der Waals surface area contributed by atoms with Crippen LogP contribution in [0, 0.1) is 12.8 Å². The van der Waals surface area contributed by atoms with Crippen molar-refractivity contribution in [2.45, 2.75) is 52.7 Å². The molecule has 2 heterocycles. The Balaban J connectivity index is 2.06. The fourth-order valence-electron chi connectivity index (χ4n) is 2.82. The van der Waals surface area contributed by atoms with Gasteiger partial charge in [-0.25, -0.2) is 0 Å². The molecule has 106 valence electrons. The second-order valence-corrected chi connectivity index (χ2v) is 6.02. The van der Waals surface area contributed by atoms with Crippen molar-refractivity contribution in [3.8, 4) is 0 Å². The first-order valence-electron chi connectivity index (χ1n) is 7.50. The Labute approximate surface area is 117 Å². The molecule has 2 unspecified atom stereocenters. The number of pyridine rings is 1. The van der Waals surface area contributed by atoms with Crippen LogP contribution in [0.4, 0.5) is 0 Å². The van der Waals surface area contributed by atoms with E-state index in [0.717, 1.165) is 25.3 Å². The van der Waals surface area contributed by atoms with E-state index in [1.807, 2.05) is 0 Å². The molecule has 0 radical (unpaired) electrons. The highest BCUT2D eigenvalue weighted by Gasteiger charge is 2.28. The quantitative estimate of drug-likeness (QED) is 0.903. The minimum atomic E-state index is 0.604. The fraction of sp³-hybridized carbons (Fsp3) is 0.688. The largest absolute Gasteiger partial charge is 0.311 e. The average Bonchev–Trinajstić information content (AvgIpc) is 2.38. The average molecular weight is 261 g/mol. The van der Waals surface area contributed by atoms with Gasteiger partial charge in [-0.15, -0.1) is 0 Å². The second-order valence-electron chi connectivity index (χ2n) is 6.02. The maximum atomic E-state index is 4.64. The molecule has 1 saturated heterocycles. The molecule has 1 aliphatic heterocycles. The molecule has 1 aliphatic rings. The zero-order valence-electron chi connectivity index (χ0n) is 12.7. The normalized spacial score (nSPS) is 24.9. The molecule has 2 rings (SSSR count). The van der Waals surface area contributed by atoms with Gasteiger partial charge in [0.15, 0.2) is 0 Å². The third kappa shape index (κ3) is 3.77. The van der Waals surface area contributed by atoms with Gasteiger partial charge in [0.05, 0.1) is 5.69 Å². The number of hydrogen-bond acceptors (Lipinski definition) is 3. The zero-order valence-corrected chi connectivity index (χ0v) is 12.7. The number of nitrogens with one attached hydrogen (secondary N) is 1. The first-order valence-corrected chi connectivity index (χ1v) is 7.50. The highest BCUT2D eigenvalue weighted by molar-refractivity contribution is 5.10. The highest BCUT2D eigenvalue weighted by Crippen LogP contribution is 2.17. The smallest absolute Gasteiger partial charge is 0.0547 e. The molecule has 1 fully saturated rings. The summed E-state index contributed by atoms with van der Waals surface area (Å²) < 4.78 is 0. The third-order valence-electron chi connectivity index (χ3n) is 4.15. The van der Waals surface area contributed by atoms with E-state index < -0.39 is 0 Å². The van der Waals surface area contributed by atoms with Gasteiger partial charge in [-0.3, -0.25) is 9.88 Å². The van der Waals surface area contributed by atoms with Gasteiger partial charge in [0.25, 0.3) is 0 Å². The number of aryl methyl sites for hydroxylation is 1. The predicted molar refractivity (Wildman–Crippen MR) is 80.1 cm³/mol. The van der Waals surface area contributed by atoms with E-state index in [4.69, 9.17) is 0 Å². The van der Waals surface area contributed by atoms with Crippen LogP contribution in [0.15, 0.2) is 18.2 Å². The van der Waals surface area contributed by atoms with Crippen LogP contribution in [0.1, 0.15) is 38.6 Å². The summed E-state index contributed by atoms with van der Waals surface area (Å²) in [6.45, 7) is 12.1. The molecule has 0 bridgehead atoms. The number of hydrogen-bond donors (Lipinski definition) is 1. The van der Waals surface area contributed by atoms with Crippen LogP contribution in [0.3, 0.4) is 0 Å². The number of piperazine rings is 1. The monoisotopic (exact) mass is 261 g/mol. The lowest BCUT2D eigenvalue weighted by Gasteiger charge is -2.41. The predicted octanol–water partition coefficient (Wildman–Crippen LogP) is 2.60. The summed E-state index contributed by atoms with van der Waals surface area (Å²) in [4.78, 5) is 7.24. The van der Waals surface area contributed by atoms with Crippen LogP contribution in [-0.4, -0.2) is 35.1 Å². The van der Waals surface area contributed by atoms with Gasteiger partial charge in [0.2, 0.25) is 0 Å². The van der Waals surface area contributed by atoms with Crippen molar-refractivity contribution in [1.82, 2.24) is 15.2 Å². The van der Waals surface area contributed by atoms with E-state index in [-0.39, 0.29) is 0 Å². The molecule has 0 aliphatic carbocycles. The van der Waals surface area contributed by atoms with Gasteiger partial charge in [-0.05, 0) is 31.4 Å². The van der Waals surface area contributed by atoms with Crippen molar-refractivity contribution >= 4 is 0 Å². The molecule has 0 amide bonds. The van der Waals surface area contributed by atoms with Gasteiger partial charge >= 0.3 is 0 Å². The van der Waals surface area contributed by atoms with Crippen molar-refractivity contribution in [2.24, 2.45) is 5.92 Å². The highest BCUT2D eigenvalue weighted by atomic mass is 15.2. The number of nitrogens with zero attached hydrogens (tertiary/aromatic N) is 2. The first-order chi connectivity index (χ1) is 9.10. The molecule has 3 nitrogen and oxygen atoms in total. The topological polar surface area (TPSA) is 28.2 Å². The van der Waals surface area contributed by atoms with Crippen LogP contribution in [-0.2, 0) is 6.54 Å². The third-order valence-corrected chi connectivity index (χ3v) is 4.15. The van der Waals surface area contributed by atoms with Crippen LogP contribution >= 0.6 is 0 Å². The molecule has 19 heavy (non-hydrogen) atoms. The minimum absolute atomic E-state index is 0.604. The molecule has 1 aromatic rings. The lowest BCUT2D eigenvalue weighted by atomic mass is 9.98. The van der Waals surface area contributed by atoms with Crippen LogP contribution < -0.4 is 5.32 Å². The Morgan fingerprint density at radius 3 is 2.84 bits per heavy atom. The second kappa shape index (κ2) is 6.49. The molecular weight excluding hydrogens is 234 g/mol. The Morgan fingerprint density at radius 1 is 1.42 bits per heavy atom. The molecule has 0 spiro atoms. The molecule has 2 atom stereocenters. The van der Waals surface area contributed by atoms with Gasteiger partial charge in [0.1, 0.15) is 0 Å². The summed E-state index contributed by atoms with van der Waals surface area (Å²) in [7, 11) is 0. The molecule has 0 saturated carbocycles. The summed E-state index contributed by atoms with van der Waals surface area (Å²) in [5.41, 5.74) is 2.31. The van der Waals surface area contributed by atoms with E-state index in [0.29, 0.717) is 18.0 Å². The maximum absolute atomic E-state index is 4.64. The minimum Gasteiger partial charge on any atom is -0.311 e. The van der Waals surface area contributed by atoms with Crippen molar-refractivity contribution in [1.29, 1.82) is 0 Å². The lowest BCUT2D eigenvalue weighted by molar-refractivity contribution is 0.102. The summed E-state index contributed by atoms with van der Waals surface area (Å²) >= 11 is 0. The summed E-state index contributed by atoms with van der Waals surface area (Å²) in [5.74, 6) is 0.686. The molecule has 1 N–H and O–H groups in total. The van der Waals surface area contributed by atoms with Gasteiger partial charge in [-0.1, -0.05) is 26.8 Å². The van der Waals surface area contributed by atoms with Crippen molar-refractivity contribution in [3.05, 3.63) is 29.6 Å². The molecule has 3 heteroatoms. The van der Waals surface area contributed by atoms with E-state index in [1.165, 1.54) is 12.1 Å².